The van der Waals surface area contributed by atoms with E-state index in [1.807, 2.05) is 0 Å². The van der Waals surface area contributed by atoms with Crippen molar-refractivity contribution in [3.8, 4) is 0 Å². The van der Waals surface area contributed by atoms with Crippen molar-refractivity contribution in [1.82, 2.24) is 10.2 Å². The van der Waals surface area contributed by atoms with Crippen LogP contribution in [0.3, 0.4) is 0 Å². The van der Waals surface area contributed by atoms with E-state index in [2.05, 4.69) is 55.4 Å². The molecule has 1 unspecified atom stereocenters. The number of piperidine rings is 1. The van der Waals surface area contributed by atoms with Gasteiger partial charge in [-0.05, 0) is 62.4 Å². The highest BCUT2D eigenvalue weighted by Crippen LogP contribution is 2.43. The molecule has 0 radical (unpaired) electrons. The van der Waals surface area contributed by atoms with Gasteiger partial charge in [-0.25, -0.2) is 0 Å². The number of nitrogens with zero attached hydrogens (tertiary/aromatic N) is 1. The Bertz CT molecular complexity index is 458. The molecule has 1 fully saturated rings. The van der Waals surface area contributed by atoms with Gasteiger partial charge in [-0.15, -0.1) is 0 Å². The minimum Gasteiger partial charge on any atom is -0.307 e. The highest BCUT2D eigenvalue weighted by Gasteiger charge is 2.37. The molecule has 1 aromatic rings. The Kier molecular flexibility index (Phi) is 3.87. The number of hydrogen-bond donors (Lipinski definition) is 1. The predicted molar refractivity (Wildman–Crippen MR) is 84.9 cm³/mol. The van der Waals surface area contributed by atoms with Gasteiger partial charge < -0.3 is 10.2 Å². The van der Waals surface area contributed by atoms with E-state index in [0.29, 0.717) is 17.5 Å². The first-order valence-corrected chi connectivity index (χ1v) is 8.09. The zero-order valence-corrected chi connectivity index (χ0v) is 13.2. The second-order valence-corrected chi connectivity index (χ2v) is 7.36. The second-order valence-electron chi connectivity index (χ2n) is 7.36. The van der Waals surface area contributed by atoms with Crippen molar-refractivity contribution >= 4 is 0 Å². The van der Waals surface area contributed by atoms with Crippen LogP contribution in [-0.4, -0.2) is 31.1 Å². The smallest absolute Gasteiger partial charge is 0.0376 e. The molecule has 1 N–H and O–H groups in total. The first-order valence-electron chi connectivity index (χ1n) is 8.09. The van der Waals surface area contributed by atoms with E-state index in [4.69, 9.17) is 0 Å². The summed E-state index contributed by atoms with van der Waals surface area (Å²) < 4.78 is 0. The van der Waals surface area contributed by atoms with Crippen LogP contribution in [0.1, 0.15) is 50.3 Å². The summed E-state index contributed by atoms with van der Waals surface area (Å²) in [5.74, 6) is 0. The van der Waals surface area contributed by atoms with E-state index >= 15 is 0 Å². The lowest BCUT2D eigenvalue weighted by atomic mass is 9.70. The molecule has 2 heteroatoms. The average molecular weight is 272 g/mol. The van der Waals surface area contributed by atoms with E-state index in [-0.39, 0.29) is 0 Å². The maximum absolute atomic E-state index is 4.00. The summed E-state index contributed by atoms with van der Waals surface area (Å²) >= 11 is 0. The monoisotopic (exact) mass is 272 g/mol. The van der Waals surface area contributed by atoms with Crippen molar-refractivity contribution < 1.29 is 0 Å². The number of aryl methyl sites for hydroxylation is 1. The van der Waals surface area contributed by atoms with E-state index in [1.54, 1.807) is 11.1 Å². The Balaban J connectivity index is 1.79. The van der Waals surface area contributed by atoms with Gasteiger partial charge >= 0.3 is 0 Å². The third kappa shape index (κ3) is 2.77. The molecular weight excluding hydrogens is 244 g/mol. The first kappa shape index (κ1) is 14.1. The Labute approximate surface area is 123 Å². The van der Waals surface area contributed by atoms with Crippen molar-refractivity contribution in [3.05, 3.63) is 35.4 Å². The van der Waals surface area contributed by atoms with Gasteiger partial charge in [0.2, 0.25) is 0 Å². The normalized spacial score (nSPS) is 27.2. The van der Waals surface area contributed by atoms with Crippen LogP contribution in [0.25, 0.3) is 0 Å². The standard InChI is InChI=1S/C18H28N2/c1-18(2)11-8-14-6-4-5-7-16(14)17(18)19-15-9-12-20(3)13-10-15/h4-7,15,17,19H,8-13H2,1-3H3. The van der Waals surface area contributed by atoms with Crippen LogP contribution in [0.2, 0.25) is 0 Å². The molecule has 1 aliphatic carbocycles. The zero-order chi connectivity index (χ0) is 14.2. The zero-order valence-electron chi connectivity index (χ0n) is 13.2. The van der Waals surface area contributed by atoms with Gasteiger partial charge in [-0.2, -0.15) is 0 Å². The molecule has 2 nitrogen and oxygen atoms in total. The van der Waals surface area contributed by atoms with Crippen LogP contribution in [0, 0.1) is 5.41 Å². The summed E-state index contributed by atoms with van der Waals surface area (Å²) in [6, 6.07) is 10.2. The fourth-order valence-corrected chi connectivity index (χ4v) is 3.79. The molecule has 2 aliphatic rings. The molecule has 0 saturated carbocycles. The summed E-state index contributed by atoms with van der Waals surface area (Å²) in [5, 5.41) is 4.00. The van der Waals surface area contributed by atoms with Gasteiger partial charge in [0.1, 0.15) is 0 Å². The number of fused-ring (bicyclic) bond motifs is 1. The fourth-order valence-electron chi connectivity index (χ4n) is 3.79. The molecule has 1 heterocycles. The van der Waals surface area contributed by atoms with Crippen LogP contribution < -0.4 is 5.32 Å². The number of benzene rings is 1. The molecule has 0 bridgehead atoms. The topological polar surface area (TPSA) is 15.3 Å². The molecule has 1 aliphatic heterocycles. The predicted octanol–water partition coefficient (Wildman–Crippen LogP) is 3.38. The molecule has 1 saturated heterocycles. The Hall–Kier alpha value is -0.860. The molecular formula is C18H28N2. The minimum absolute atomic E-state index is 0.359. The third-order valence-corrected chi connectivity index (χ3v) is 5.31. The summed E-state index contributed by atoms with van der Waals surface area (Å²) in [5.41, 5.74) is 3.46. The van der Waals surface area contributed by atoms with Crippen molar-refractivity contribution in [1.29, 1.82) is 0 Å². The van der Waals surface area contributed by atoms with Crippen LogP contribution in [0.5, 0.6) is 0 Å². The van der Waals surface area contributed by atoms with E-state index < -0.39 is 0 Å². The minimum atomic E-state index is 0.359. The van der Waals surface area contributed by atoms with Crippen LogP contribution in [0.4, 0.5) is 0 Å². The largest absolute Gasteiger partial charge is 0.307 e. The van der Waals surface area contributed by atoms with E-state index in [1.165, 1.54) is 38.8 Å². The van der Waals surface area contributed by atoms with Crippen molar-refractivity contribution in [2.24, 2.45) is 5.41 Å². The summed E-state index contributed by atoms with van der Waals surface area (Å²) in [6.07, 6.45) is 5.08. The first-order chi connectivity index (χ1) is 9.56. The lowest BCUT2D eigenvalue weighted by molar-refractivity contribution is 0.159. The van der Waals surface area contributed by atoms with Gasteiger partial charge in [-0.1, -0.05) is 38.1 Å². The van der Waals surface area contributed by atoms with Crippen LogP contribution in [-0.2, 0) is 6.42 Å². The molecule has 1 aromatic carbocycles. The maximum atomic E-state index is 4.00. The molecule has 0 aromatic heterocycles. The van der Waals surface area contributed by atoms with E-state index in [9.17, 15) is 0 Å². The fraction of sp³-hybridized carbons (Fsp3) is 0.667. The molecule has 1 atom stereocenters. The second kappa shape index (κ2) is 5.50. The highest BCUT2D eigenvalue weighted by atomic mass is 15.1. The molecule has 0 amide bonds. The van der Waals surface area contributed by atoms with Crippen molar-refractivity contribution in [2.75, 3.05) is 20.1 Å². The third-order valence-electron chi connectivity index (χ3n) is 5.31. The van der Waals surface area contributed by atoms with Gasteiger partial charge in [0.25, 0.3) is 0 Å². The molecule has 0 spiro atoms. The lowest BCUT2D eigenvalue weighted by Gasteiger charge is -2.43. The molecule has 110 valence electrons. The molecule has 20 heavy (non-hydrogen) atoms. The Morgan fingerprint density at radius 3 is 2.60 bits per heavy atom. The summed E-state index contributed by atoms with van der Waals surface area (Å²) in [7, 11) is 2.23. The van der Waals surface area contributed by atoms with Crippen molar-refractivity contribution in [2.45, 2.75) is 51.6 Å². The van der Waals surface area contributed by atoms with Gasteiger partial charge in [0.05, 0.1) is 0 Å². The maximum Gasteiger partial charge on any atom is 0.0376 e. The number of rotatable bonds is 2. The average Bonchev–Trinajstić information content (AvgIpc) is 2.44. The number of likely N-dealkylation sites (tertiary alicyclic amines) is 1. The van der Waals surface area contributed by atoms with Crippen LogP contribution >= 0.6 is 0 Å². The molecule has 3 rings (SSSR count). The quantitative estimate of drug-likeness (QED) is 0.888. The number of hydrogen-bond acceptors (Lipinski definition) is 2. The van der Waals surface area contributed by atoms with Crippen molar-refractivity contribution in [3.63, 3.8) is 0 Å². The van der Waals surface area contributed by atoms with Gasteiger partial charge in [-0.3, -0.25) is 0 Å². The summed E-state index contributed by atoms with van der Waals surface area (Å²) in [6.45, 7) is 7.31. The van der Waals surface area contributed by atoms with Gasteiger partial charge in [0, 0.05) is 12.1 Å². The summed E-state index contributed by atoms with van der Waals surface area (Å²) in [4.78, 5) is 2.44. The van der Waals surface area contributed by atoms with E-state index in [0.717, 1.165) is 0 Å². The highest BCUT2D eigenvalue weighted by molar-refractivity contribution is 5.34. The van der Waals surface area contributed by atoms with Crippen LogP contribution in [0.15, 0.2) is 24.3 Å². The number of nitrogens with one attached hydrogen (secondary N) is 1. The SMILES string of the molecule is CN1CCC(NC2c3ccccc3CCC2(C)C)CC1. The lowest BCUT2D eigenvalue weighted by Crippen LogP contribution is -2.47. The Morgan fingerprint density at radius 2 is 1.85 bits per heavy atom. The Morgan fingerprint density at radius 1 is 1.15 bits per heavy atom. The van der Waals surface area contributed by atoms with Gasteiger partial charge in [0.15, 0.2) is 0 Å².